The first-order valence-electron chi connectivity index (χ1n) is 10.6. The second-order valence-electron chi connectivity index (χ2n) is 8.36. The molecule has 0 unspecified atom stereocenters. The molecule has 1 aliphatic heterocycles. The van der Waals surface area contributed by atoms with E-state index >= 15 is 0 Å². The number of carbonyl (C=O) groups excluding carboxylic acids is 1. The molecule has 2 aromatic rings. The summed E-state index contributed by atoms with van der Waals surface area (Å²) in [6.07, 6.45) is 1.91. The van der Waals surface area contributed by atoms with Crippen LogP contribution in [0.15, 0.2) is 35.2 Å². The predicted octanol–water partition coefficient (Wildman–Crippen LogP) is 4.52. The molecule has 1 fully saturated rings. The lowest BCUT2D eigenvalue weighted by atomic mass is 9.96. The average molecular weight is 429 g/mol. The number of piperidine rings is 1. The second-order valence-corrected chi connectivity index (χ2v) is 10.2. The number of aryl methyl sites for hydroxylation is 5. The third-order valence-corrected chi connectivity index (χ3v) is 8.22. The van der Waals surface area contributed by atoms with E-state index < -0.39 is 10.0 Å². The molecule has 1 amide bonds. The largest absolute Gasteiger partial charge is 0.325 e. The summed E-state index contributed by atoms with van der Waals surface area (Å²) in [7, 11) is -3.56. The molecule has 1 heterocycles. The van der Waals surface area contributed by atoms with Crippen molar-refractivity contribution in [2.75, 3.05) is 18.4 Å². The van der Waals surface area contributed by atoms with Gasteiger partial charge in [0.05, 0.1) is 4.90 Å². The minimum absolute atomic E-state index is 0.0151. The zero-order valence-corrected chi connectivity index (χ0v) is 19.4. The molecule has 0 aliphatic carbocycles. The van der Waals surface area contributed by atoms with Crippen LogP contribution in [0.5, 0.6) is 0 Å². The monoisotopic (exact) mass is 428 g/mol. The van der Waals surface area contributed by atoms with Gasteiger partial charge in [0, 0.05) is 24.7 Å². The number of nitrogens with zero attached hydrogens (tertiary/aromatic N) is 1. The van der Waals surface area contributed by atoms with Crippen LogP contribution in [0.1, 0.15) is 47.6 Å². The van der Waals surface area contributed by atoms with Gasteiger partial charge in [-0.15, -0.1) is 0 Å². The number of anilines is 1. The highest BCUT2D eigenvalue weighted by atomic mass is 32.2. The van der Waals surface area contributed by atoms with Crippen molar-refractivity contribution in [3.63, 3.8) is 0 Å². The summed E-state index contributed by atoms with van der Waals surface area (Å²) in [5.41, 5.74) is 5.67. The van der Waals surface area contributed by atoms with E-state index in [-0.39, 0.29) is 11.8 Å². The van der Waals surface area contributed by atoms with Gasteiger partial charge in [-0.25, -0.2) is 8.42 Å². The summed E-state index contributed by atoms with van der Waals surface area (Å²) in [5.74, 6) is -0.195. The van der Waals surface area contributed by atoms with Crippen molar-refractivity contribution >= 4 is 21.6 Å². The van der Waals surface area contributed by atoms with Gasteiger partial charge in [-0.1, -0.05) is 42.8 Å². The molecule has 30 heavy (non-hydrogen) atoms. The Kier molecular flexibility index (Phi) is 6.68. The van der Waals surface area contributed by atoms with Gasteiger partial charge in [0.25, 0.3) is 0 Å². The first kappa shape index (κ1) is 22.5. The number of sulfonamides is 1. The number of hydrogen-bond donors (Lipinski definition) is 1. The molecule has 1 N–H and O–H groups in total. The Hall–Kier alpha value is -2.18. The molecule has 2 aromatic carbocycles. The Morgan fingerprint density at radius 3 is 2.20 bits per heavy atom. The zero-order valence-electron chi connectivity index (χ0n) is 18.6. The Balaban J connectivity index is 1.71. The van der Waals surface area contributed by atoms with Crippen molar-refractivity contribution in [2.45, 2.75) is 58.8 Å². The Morgan fingerprint density at radius 2 is 1.63 bits per heavy atom. The topological polar surface area (TPSA) is 66.5 Å². The van der Waals surface area contributed by atoms with Crippen molar-refractivity contribution in [1.82, 2.24) is 4.31 Å². The SMILES string of the molecule is CCc1cccc(C)c1NC(=O)C1CCN(S(=O)(=O)c2c(C)cc(C)cc2C)CC1. The molecular weight excluding hydrogens is 396 g/mol. The second kappa shape index (κ2) is 8.90. The van der Waals surface area contributed by atoms with Crippen LogP contribution in [0.3, 0.4) is 0 Å². The van der Waals surface area contributed by atoms with E-state index in [4.69, 9.17) is 0 Å². The van der Waals surface area contributed by atoms with E-state index in [0.717, 1.165) is 39.9 Å². The number of amides is 1. The fourth-order valence-electron chi connectivity index (χ4n) is 4.49. The van der Waals surface area contributed by atoms with Crippen LogP contribution in [-0.2, 0) is 21.2 Å². The molecule has 0 spiro atoms. The van der Waals surface area contributed by atoms with Gasteiger partial charge < -0.3 is 5.32 Å². The Labute approximate surface area is 180 Å². The first-order valence-corrected chi connectivity index (χ1v) is 12.1. The summed E-state index contributed by atoms with van der Waals surface area (Å²) < 4.78 is 28.1. The van der Waals surface area contributed by atoms with Crippen LogP contribution in [0, 0.1) is 33.6 Å². The zero-order chi connectivity index (χ0) is 22.1. The van der Waals surface area contributed by atoms with Crippen LogP contribution < -0.4 is 5.32 Å². The molecule has 0 aromatic heterocycles. The highest BCUT2D eigenvalue weighted by Gasteiger charge is 2.34. The van der Waals surface area contributed by atoms with Crippen LogP contribution in [0.25, 0.3) is 0 Å². The molecule has 0 atom stereocenters. The Morgan fingerprint density at radius 1 is 1.03 bits per heavy atom. The van der Waals surface area contributed by atoms with Crippen LogP contribution >= 0.6 is 0 Å². The third-order valence-electron chi connectivity index (χ3n) is 6.02. The molecule has 6 heteroatoms. The van der Waals surface area contributed by atoms with Crippen molar-refractivity contribution in [3.8, 4) is 0 Å². The fourth-order valence-corrected chi connectivity index (χ4v) is 6.37. The lowest BCUT2D eigenvalue weighted by molar-refractivity contribution is -0.120. The van der Waals surface area contributed by atoms with E-state index in [1.807, 2.05) is 58.0 Å². The summed E-state index contributed by atoms with van der Waals surface area (Å²) in [6, 6.07) is 9.85. The smallest absolute Gasteiger partial charge is 0.243 e. The fraction of sp³-hybridized carbons (Fsp3) is 0.458. The van der Waals surface area contributed by atoms with Gasteiger partial charge in [0.15, 0.2) is 0 Å². The van der Waals surface area contributed by atoms with Crippen LogP contribution in [-0.4, -0.2) is 31.7 Å². The molecule has 0 saturated carbocycles. The van der Waals surface area contributed by atoms with Gasteiger partial charge in [-0.2, -0.15) is 4.31 Å². The van der Waals surface area contributed by atoms with Crippen LogP contribution in [0.4, 0.5) is 5.69 Å². The van der Waals surface area contributed by atoms with Gasteiger partial charge in [0.1, 0.15) is 0 Å². The van der Waals surface area contributed by atoms with E-state index in [1.54, 1.807) is 0 Å². The summed E-state index contributed by atoms with van der Waals surface area (Å²) >= 11 is 0. The number of rotatable bonds is 5. The maximum absolute atomic E-state index is 13.3. The normalized spacial score (nSPS) is 15.9. The lowest BCUT2D eigenvalue weighted by Gasteiger charge is -2.31. The maximum atomic E-state index is 13.3. The first-order chi connectivity index (χ1) is 14.1. The van der Waals surface area contributed by atoms with Crippen molar-refractivity contribution in [1.29, 1.82) is 0 Å². The lowest BCUT2D eigenvalue weighted by Crippen LogP contribution is -2.41. The predicted molar refractivity (Wildman–Crippen MR) is 121 cm³/mol. The molecule has 1 saturated heterocycles. The number of carbonyl (C=O) groups is 1. The van der Waals surface area contributed by atoms with Gasteiger partial charge in [-0.05, 0) is 69.2 Å². The number of hydrogen-bond acceptors (Lipinski definition) is 3. The highest BCUT2D eigenvalue weighted by Crippen LogP contribution is 2.30. The number of nitrogens with one attached hydrogen (secondary N) is 1. The van der Waals surface area contributed by atoms with E-state index in [9.17, 15) is 13.2 Å². The van der Waals surface area contributed by atoms with Gasteiger partial charge in [-0.3, -0.25) is 4.79 Å². The van der Waals surface area contributed by atoms with Crippen molar-refractivity contribution < 1.29 is 13.2 Å². The minimum Gasteiger partial charge on any atom is -0.325 e. The van der Waals surface area contributed by atoms with Gasteiger partial charge >= 0.3 is 0 Å². The molecule has 0 radical (unpaired) electrons. The minimum atomic E-state index is -3.56. The number of para-hydroxylation sites is 1. The summed E-state index contributed by atoms with van der Waals surface area (Å²) in [4.78, 5) is 13.3. The van der Waals surface area contributed by atoms with E-state index in [2.05, 4.69) is 12.2 Å². The molecule has 5 nitrogen and oxygen atoms in total. The molecule has 162 valence electrons. The van der Waals surface area contributed by atoms with E-state index in [0.29, 0.717) is 30.8 Å². The summed E-state index contributed by atoms with van der Waals surface area (Å²) in [6.45, 7) is 10.5. The highest BCUT2D eigenvalue weighted by molar-refractivity contribution is 7.89. The molecule has 0 bridgehead atoms. The quantitative estimate of drug-likeness (QED) is 0.761. The number of benzene rings is 2. The molecule has 1 aliphatic rings. The average Bonchev–Trinajstić information content (AvgIpc) is 2.68. The Bertz CT molecular complexity index is 1030. The molecular formula is C24H32N2O3S. The van der Waals surface area contributed by atoms with Crippen molar-refractivity contribution in [3.05, 3.63) is 58.1 Å². The summed E-state index contributed by atoms with van der Waals surface area (Å²) in [5, 5.41) is 3.10. The van der Waals surface area contributed by atoms with E-state index in [1.165, 1.54) is 4.31 Å². The maximum Gasteiger partial charge on any atom is 0.243 e. The molecule has 3 rings (SSSR count). The van der Waals surface area contributed by atoms with Gasteiger partial charge in [0.2, 0.25) is 15.9 Å². The standard InChI is InChI=1S/C24H32N2O3S/c1-6-20-9-7-8-17(3)22(20)25-24(27)21-10-12-26(13-11-21)30(28,29)23-18(4)14-16(2)15-19(23)5/h7-9,14-15,21H,6,10-13H2,1-5H3,(H,25,27). The van der Waals surface area contributed by atoms with Crippen molar-refractivity contribution in [2.24, 2.45) is 5.92 Å². The third kappa shape index (κ3) is 4.44. The van der Waals surface area contributed by atoms with Crippen LogP contribution in [0.2, 0.25) is 0 Å².